The summed E-state index contributed by atoms with van der Waals surface area (Å²) in [7, 11) is 1.91. The number of hydrogen-bond acceptors (Lipinski definition) is 5. The van der Waals surface area contributed by atoms with Gasteiger partial charge in [0, 0.05) is 30.6 Å². The molecular weight excluding hydrogens is 366 g/mol. The maximum atomic E-state index is 12.5. The van der Waals surface area contributed by atoms with Crippen LogP contribution in [-0.4, -0.2) is 32.3 Å². The van der Waals surface area contributed by atoms with Gasteiger partial charge in [-0.25, -0.2) is 0 Å². The lowest BCUT2D eigenvalue weighted by Crippen LogP contribution is -2.32. The number of aromatic nitrogens is 4. The predicted octanol–water partition coefficient (Wildman–Crippen LogP) is 3.04. The first-order valence-corrected chi connectivity index (χ1v) is 10.2. The lowest BCUT2D eigenvalue weighted by Gasteiger charge is -2.14. The molecular formula is C22H25N5O2. The molecule has 1 atom stereocenters. The zero-order valence-corrected chi connectivity index (χ0v) is 17.0. The van der Waals surface area contributed by atoms with Gasteiger partial charge in [0.2, 0.25) is 5.88 Å². The smallest absolute Gasteiger partial charge is 0.258 e. The average Bonchev–Trinajstić information content (AvgIpc) is 3.39. The van der Waals surface area contributed by atoms with Gasteiger partial charge in [-0.1, -0.05) is 6.07 Å². The fourth-order valence-electron chi connectivity index (χ4n) is 4.26. The predicted molar refractivity (Wildman–Crippen MR) is 109 cm³/mol. The Bertz CT molecular complexity index is 1120. The molecule has 29 heavy (non-hydrogen) atoms. The number of aryl methyl sites for hydroxylation is 4. The van der Waals surface area contributed by atoms with Crippen molar-refractivity contribution in [3.63, 3.8) is 0 Å². The van der Waals surface area contributed by atoms with Crippen LogP contribution in [0.25, 0.3) is 11.0 Å². The molecule has 3 aromatic rings. The number of carbonyl (C=O) groups is 1. The highest BCUT2D eigenvalue weighted by Crippen LogP contribution is 2.43. The van der Waals surface area contributed by atoms with Gasteiger partial charge in [0.15, 0.2) is 12.3 Å². The van der Waals surface area contributed by atoms with Crippen molar-refractivity contribution in [1.29, 1.82) is 0 Å². The molecule has 2 aliphatic carbocycles. The Balaban J connectivity index is 1.28. The summed E-state index contributed by atoms with van der Waals surface area (Å²) in [4.78, 5) is 21.6. The van der Waals surface area contributed by atoms with Crippen molar-refractivity contribution in [3.8, 4) is 5.88 Å². The maximum Gasteiger partial charge on any atom is 0.258 e. The van der Waals surface area contributed by atoms with Crippen molar-refractivity contribution in [2.24, 2.45) is 7.05 Å². The number of pyridine rings is 2. The van der Waals surface area contributed by atoms with Gasteiger partial charge in [-0.05, 0) is 56.2 Å². The Morgan fingerprint density at radius 1 is 1.24 bits per heavy atom. The Morgan fingerprint density at radius 2 is 2.07 bits per heavy atom. The monoisotopic (exact) mass is 391 g/mol. The first kappa shape index (κ1) is 18.1. The minimum Gasteiger partial charge on any atom is -0.468 e. The Hall–Kier alpha value is -2.96. The third kappa shape index (κ3) is 3.34. The number of hydrogen-bond donors (Lipinski definition) is 1. The van der Waals surface area contributed by atoms with Crippen LogP contribution in [0.5, 0.6) is 5.88 Å². The normalized spacial score (nSPS) is 18.1. The van der Waals surface area contributed by atoms with Crippen LogP contribution in [-0.2, 0) is 18.3 Å². The topological polar surface area (TPSA) is 81.9 Å². The van der Waals surface area contributed by atoms with Gasteiger partial charge in [0.25, 0.3) is 5.91 Å². The molecule has 3 aromatic heterocycles. The zero-order chi connectivity index (χ0) is 20.1. The molecule has 1 N–H and O–H groups in total. The highest BCUT2D eigenvalue weighted by molar-refractivity contribution is 5.84. The minimum atomic E-state index is -0.159. The van der Waals surface area contributed by atoms with Crippen molar-refractivity contribution in [2.45, 2.75) is 51.5 Å². The number of fused-ring (bicyclic) bond motifs is 2. The molecule has 150 valence electrons. The van der Waals surface area contributed by atoms with Gasteiger partial charge in [-0.2, -0.15) is 10.1 Å². The number of carbonyl (C=O) groups excluding carboxylic acids is 1. The van der Waals surface area contributed by atoms with E-state index in [9.17, 15) is 4.79 Å². The van der Waals surface area contributed by atoms with E-state index in [0.29, 0.717) is 11.8 Å². The molecule has 2 aliphatic rings. The molecule has 1 unspecified atom stereocenters. The van der Waals surface area contributed by atoms with E-state index in [4.69, 9.17) is 4.74 Å². The Kier molecular flexibility index (Phi) is 4.26. The second-order valence-corrected chi connectivity index (χ2v) is 8.26. The summed E-state index contributed by atoms with van der Waals surface area (Å²) in [6.45, 7) is 4.02. The molecule has 0 aromatic carbocycles. The standard InChI is InChI=1S/C22H25N5O2/c1-12-8-15-6-7-16(20(15)23-10-12)24-17(28)11-29-18-9-13(2)19-21(14-4-5-14)26-27(3)22(19)25-18/h8-10,14,16H,4-7,11H2,1-3H3,(H,24,28). The van der Waals surface area contributed by atoms with Crippen LogP contribution in [0.3, 0.4) is 0 Å². The van der Waals surface area contributed by atoms with E-state index in [0.717, 1.165) is 46.4 Å². The fraction of sp³-hybridized carbons (Fsp3) is 0.455. The number of nitrogens with zero attached hydrogens (tertiary/aromatic N) is 4. The molecule has 7 nitrogen and oxygen atoms in total. The van der Waals surface area contributed by atoms with E-state index in [1.54, 1.807) is 0 Å². The lowest BCUT2D eigenvalue weighted by molar-refractivity contribution is -0.123. The molecule has 0 saturated heterocycles. The Labute approximate surface area is 169 Å². The molecule has 0 radical (unpaired) electrons. The van der Waals surface area contributed by atoms with Crippen LogP contribution in [0.15, 0.2) is 18.3 Å². The molecule has 0 aliphatic heterocycles. The molecule has 0 spiro atoms. The summed E-state index contributed by atoms with van der Waals surface area (Å²) in [6, 6.07) is 4.01. The van der Waals surface area contributed by atoms with E-state index in [2.05, 4.69) is 26.4 Å². The van der Waals surface area contributed by atoms with E-state index in [-0.39, 0.29) is 18.6 Å². The second kappa shape index (κ2) is 6.83. The van der Waals surface area contributed by atoms with Gasteiger partial charge in [0.1, 0.15) is 0 Å². The molecule has 3 heterocycles. The van der Waals surface area contributed by atoms with Crippen molar-refractivity contribution in [3.05, 3.63) is 46.4 Å². The van der Waals surface area contributed by atoms with E-state index >= 15 is 0 Å². The molecule has 5 rings (SSSR count). The van der Waals surface area contributed by atoms with Crippen LogP contribution < -0.4 is 10.1 Å². The Morgan fingerprint density at radius 3 is 2.86 bits per heavy atom. The van der Waals surface area contributed by atoms with Crippen LogP contribution >= 0.6 is 0 Å². The van der Waals surface area contributed by atoms with Crippen LogP contribution in [0.4, 0.5) is 0 Å². The molecule has 1 amide bonds. The van der Waals surface area contributed by atoms with Gasteiger partial charge >= 0.3 is 0 Å². The van der Waals surface area contributed by atoms with Crippen LogP contribution in [0.2, 0.25) is 0 Å². The number of ether oxygens (including phenoxy) is 1. The van der Waals surface area contributed by atoms with Gasteiger partial charge in [-0.15, -0.1) is 0 Å². The summed E-state index contributed by atoms with van der Waals surface area (Å²) in [5.41, 5.74) is 6.38. The number of amides is 1. The van der Waals surface area contributed by atoms with Gasteiger partial charge in [0.05, 0.1) is 17.4 Å². The van der Waals surface area contributed by atoms with Crippen LogP contribution in [0, 0.1) is 13.8 Å². The van der Waals surface area contributed by atoms with Gasteiger partial charge < -0.3 is 10.1 Å². The molecule has 0 bridgehead atoms. The summed E-state index contributed by atoms with van der Waals surface area (Å²) in [6.07, 6.45) is 6.06. The van der Waals surface area contributed by atoms with Crippen LogP contribution in [0.1, 0.15) is 59.3 Å². The first-order valence-electron chi connectivity index (χ1n) is 10.2. The van der Waals surface area contributed by atoms with Crippen molar-refractivity contribution < 1.29 is 9.53 Å². The molecule has 1 saturated carbocycles. The van der Waals surface area contributed by atoms with E-state index in [1.165, 1.54) is 18.4 Å². The maximum absolute atomic E-state index is 12.5. The quantitative estimate of drug-likeness (QED) is 0.723. The van der Waals surface area contributed by atoms with Crippen molar-refractivity contribution in [1.82, 2.24) is 25.1 Å². The molecule has 7 heteroatoms. The molecule has 1 fully saturated rings. The van der Waals surface area contributed by atoms with Crippen molar-refractivity contribution in [2.75, 3.05) is 6.61 Å². The zero-order valence-electron chi connectivity index (χ0n) is 17.0. The van der Waals surface area contributed by atoms with E-state index < -0.39 is 0 Å². The third-order valence-corrected chi connectivity index (χ3v) is 5.82. The first-order chi connectivity index (χ1) is 14.0. The largest absolute Gasteiger partial charge is 0.468 e. The third-order valence-electron chi connectivity index (χ3n) is 5.82. The number of rotatable bonds is 5. The van der Waals surface area contributed by atoms with Crippen molar-refractivity contribution >= 4 is 16.9 Å². The van der Waals surface area contributed by atoms with Gasteiger partial charge in [-0.3, -0.25) is 14.5 Å². The SMILES string of the molecule is Cc1cnc2c(c1)CCC2NC(=O)COc1cc(C)c2c(C3CC3)nn(C)c2n1. The fourth-order valence-corrected chi connectivity index (χ4v) is 4.26. The highest BCUT2D eigenvalue weighted by atomic mass is 16.5. The summed E-state index contributed by atoms with van der Waals surface area (Å²) < 4.78 is 7.54. The second-order valence-electron chi connectivity index (χ2n) is 8.26. The minimum absolute atomic E-state index is 0.0444. The summed E-state index contributed by atoms with van der Waals surface area (Å²) >= 11 is 0. The lowest BCUT2D eigenvalue weighted by atomic mass is 10.1. The summed E-state index contributed by atoms with van der Waals surface area (Å²) in [5.74, 6) is 0.855. The van der Waals surface area contributed by atoms with E-state index in [1.807, 2.05) is 37.8 Å². The number of nitrogens with one attached hydrogen (secondary N) is 1. The highest BCUT2D eigenvalue weighted by Gasteiger charge is 2.30. The summed E-state index contributed by atoms with van der Waals surface area (Å²) in [5, 5.41) is 8.82. The average molecular weight is 391 g/mol.